The van der Waals surface area contributed by atoms with Crippen LogP contribution < -0.4 is 11.2 Å². The summed E-state index contributed by atoms with van der Waals surface area (Å²) in [7, 11) is 0. The Hall–Kier alpha value is -10.6. The van der Waals surface area contributed by atoms with Gasteiger partial charge in [-0.3, -0.25) is 14.7 Å². The number of aromatic nitrogens is 5. The van der Waals surface area contributed by atoms with Crippen molar-refractivity contribution in [1.82, 2.24) is 23.4 Å². The molecule has 1 atom stereocenters. The molecule has 17 aromatic rings. The van der Waals surface area contributed by atoms with Crippen molar-refractivity contribution < 1.29 is 0 Å². The predicted octanol–water partition coefficient (Wildman–Crippen LogP) is 18.2. The standard InChI is InChI=1S/C73H48N8S/c74-71(76-72(47-17-3-1-4-18-47)77-81-66-30-16-11-24-54(66)57-38-37-56-53-23-9-14-28-63(53)79(68(56)69(57)81)49-19-5-2-6-20-49)46-33-31-45(32-34-46)48-35-39-65-59(43-48)55-25-10-15-29-64(55)80(65)73-70-58(41-42-75-73)60-44-50(36-40-67(60)82-70)78-61-26-12-7-21-51(61)52-22-8-13-27-62(52)78/h1-44,71H,74H2,(H,76,77). The van der Waals surface area contributed by atoms with Gasteiger partial charge in [0.2, 0.25) is 0 Å². The van der Waals surface area contributed by atoms with Crippen molar-refractivity contribution in [3.63, 3.8) is 0 Å². The summed E-state index contributed by atoms with van der Waals surface area (Å²) in [5, 5.41) is 11.9. The Morgan fingerprint density at radius 3 is 1.62 bits per heavy atom. The zero-order valence-corrected chi connectivity index (χ0v) is 45.0. The van der Waals surface area contributed by atoms with Crippen molar-refractivity contribution in [3.05, 3.63) is 278 Å². The van der Waals surface area contributed by atoms with Gasteiger partial charge >= 0.3 is 0 Å². The third-order valence-corrected chi connectivity index (χ3v) is 17.9. The minimum absolute atomic E-state index is 0.658. The van der Waals surface area contributed by atoms with E-state index in [4.69, 9.17) is 15.7 Å². The largest absolute Gasteiger partial charge is 0.309 e. The molecule has 386 valence electrons. The Bertz CT molecular complexity index is 5390. The first-order valence-corrected chi connectivity index (χ1v) is 28.5. The lowest BCUT2D eigenvalue weighted by atomic mass is 10.0. The van der Waals surface area contributed by atoms with Gasteiger partial charge < -0.3 is 14.9 Å². The van der Waals surface area contributed by atoms with E-state index in [1.807, 2.05) is 24.4 Å². The monoisotopic (exact) mass is 1070 g/mol. The molecule has 6 aromatic heterocycles. The van der Waals surface area contributed by atoms with Crippen LogP contribution in [0.25, 0.3) is 136 Å². The van der Waals surface area contributed by atoms with Crippen molar-refractivity contribution in [1.29, 1.82) is 0 Å². The number of benzene rings is 11. The van der Waals surface area contributed by atoms with Crippen molar-refractivity contribution in [2.75, 3.05) is 5.43 Å². The van der Waals surface area contributed by atoms with Crippen LogP contribution in [0.5, 0.6) is 0 Å². The highest BCUT2D eigenvalue weighted by molar-refractivity contribution is 7.26. The van der Waals surface area contributed by atoms with Crippen LogP contribution in [0.3, 0.4) is 0 Å². The normalized spacial score (nSPS) is 12.7. The van der Waals surface area contributed by atoms with Crippen LogP contribution in [0.2, 0.25) is 0 Å². The highest BCUT2D eigenvalue weighted by atomic mass is 32.1. The van der Waals surface area contributed by atoms with Gasteiger partial charge in [-0.1, -0.05) is 182 Å². The molecule has 1 unspecified atom stereocenters. The summed E-state index contributed by atoms with van der Waals surface area (Å²) in [6.45, 7) is 0. The van der Waals surface area contributed by atoms with Crippen LogP contribution in [0.4, 0.5) is 0 Å². The molecular weight excluding hydrogens is 1020 g/mol. The maximum absolute atomic E-state index is 7.20. The number of hydrogen-bond donors (Lipinski definition) is 2. The number of nitrogens with zero attached hydrogens (tertiary/aromatic N) is 6. The number of thiophene rings is 1. The first-order valence-electron chi connectivity index (χ1n) is 27.7. The molecule has 11 aromatic carbocycles. The number of aliphatic imine (C=N–C) groups is 1. The van der Waals surface area contributed by atoms with Crippen LogP contribution in [0, 0.1) is 0 Å². The average Bonchev–Trinajstić information content (AvgIpc) is 2.89. The number of rotatable bonds is 8. The highest BCUT2D eigenvalue weighted by Crippen LogP contribution is 2.44. The summed E-state index contributed by atoms with van der Waals surface area (Å²) in [5.74, 6) is 1.59. The maximum atomic E-state index is 7.20. The lowest BCUT2D eigenvalue weighted by Crippen LogP contribution is -2.26. The third-order valence-electron chi connectivity index (χ3n) is 16.7. The third kappa shape index (κ3) is 7.00. The van der Waals surface area contributed by atoms with E-state index in [2.05, 4.69) is 266 Å². The first-order chi connectivity index (χ1) is 40.6. The summed E-state index contributed by atoms with van der Waals surface area (Å²) in [5.41, 5.74) is 26.3. The summed E-state index contributed by atoms with van der Waals surface area (Å²) in [4.78, 5) is 10.5. The van der Waals surface area contributed by atoms with E-state index in [9.17, 15) is 0 Å². The number of pyridine rings is 1. The van der Waals surface area contributed by atoms with E-state index < -0.39 is 6.17 Å². The molecular formula is C73H48N8S. The van der Waals surface area contributed by atoms with E-state index in [0.29, 0.717) is 5.84 Å². The molecule has 0 aliphatic carbocycles. The predicted molar refractivity (Wildman–Crippen MR) is 344 cm³/mol. The SMILES string of the molecule is NC(N=C(Nn1c2ccccc2c2ccc3c4ccccc4n(-c4ccccc4)c3c21)c1ccccc1)c1ccc(-c2ccc3c(c2)c2ccccc2n3-c2nccc3c2sc2ccc(-n4c5ccccc5c5ccccc54)cc23)cc1. The topological polar surface area (TPSA) is 83.0 Å². The van der Waals surface area contributed by atoms with E-state index >= 15 is 0 Å². The van der Waals surface area contributed by atoms with Crippen molar-refractivity contribution in [3.8, 4) is 28.3 Å². The first kappa shape index (κ1) is 46.3. The molecule has 0 aliphatic heterocycles. The number of nitrogens with one attached hydrogen (secondary N) is 1. The van der Waals surface area contributed by atoms with Crippen LogP contribution >= 0.6 is 11.3 Å². The van der Waals surface area contributed by atoms with Gasteiger partial charge in [-0.05, 0) is 95.6 Å². The Morgan fingerprint density at radius 1 is 0.402 bits per heavy atom. The molecule has 17 rings (SSSR count). The molecule has 0 amide bonds. The molecule has 9 heteroatoms. The second-order valence-electron chi connectivity index (χ2n) is 21.2. The van der Waals surface area contributed by atoms with Crippen molar-refractivity contribution in [2.45, 2.75) is 6.17 Å². The van der Waals surface area contributed by atoms with Crippen LogP contribution in [-0.4, -0.2) is 29.2 Å². The summed E-state index contributed by atoms with van der Waals surface area (Å²) in [6.07, 6.45) is 1.29. The number of fused-ring (bicyclic) bond motifs is 16. The Labute approximate surface area is 474 Å². The molecule has 6 heterocycles. The summed E-state index contributed by atoms with van der Waals surface area (Å²) < 4.78 is 11.7. The lowest BCUT2D eigenvalue weighted by Gasteiger charge is -2.18. The second-order valence-corrected chi connectivity index (χ2v) is 22.2. The maximum Gasteiger partial charge on any atom is 0.155 e. The van der Waals surface area contributed by atoms with Crippen molar-refractivity contribution in [2.24, 2.45) is 10.7 Å². The Morgan fingerprint density at radius 2 is 0.939 bits per heavy atom. The zero-order chi connectivity index (χ0) is 54.0. The molecule has 0 fully saturated rings. The fourth-order valence-corrected chi connectivity index (χ4v) is 14.1. The van der Waals surface area contributed by atoms with Crippen LogP contribution in [-0.2, 0) is 0 Å². The number of nitrogens with two attached hydrogens (primary N) is 1. The van der Waals surface area contributed by atoms with Gasteiger partial charge in [0.05, 0.1) is 48.8 Å². The highest BCUT2D eigenvalue weighted by Gasteiger charge is 2.24. The average molecular weight is 1070 g/mol. The van der Waals surface area contributed by atoms with Gasteiger partial charge in [-0.15, -0.1) is 11.3 Å². The van der Waals surface area contributed by atoms with Gasteiger partial charge in [0, 0.05) is 81.7 Å². The van der Waals surface area contributed by atoms with E-state index in [1.165, 1.54) is 53.4 Å². The van der Waals surface area contributed by atoms with Gasteiger partial charge in [0.25, 0.3) is 0 Å². The van der Waals surface area contributed by atoms with Crippen molar-refractivity contribution >= 4 is 125 Å². The smallest absolute Gasteiger partial charge is 0.155 e. The van der Waals surface area contributed by atoms with E-state index in [1.54, 1.807) is 11.3 Å². The summed E-state index contributed by atoms with van der Waals surface area (Å²) >= 11 is 1.81. The van der Waals surface area contributed by atoms with E-state index in [0.717, 1.165) is 93.4 Å². The molecule has 0 bridgehead atoms. The minimum atomic E-state index is -0.676. The second kappa shape index (κ2) is 18.2. The fraction of sp³-hybridized carbons (Fsp3) is 0.0137. The molecule has 3 N–H and O–H groups in total. The van der Waals surface area contributed by atoms with Gasteiger partial charge in [0.15, 0.2) is 5.82 Å². The minimum Gasteiger partial charge on any atom is -0.309 e. The number of para-hydroxylation sites is 6. The van der Waals surface area contributed by atoms with Crippen LogP contribution in [0.15, 0.2) is 272 Å². The number of hydrogen-bond acceptors (Lipinski definition) is 4. The molecule has 0 aliphatic rings. The Balaban J connectivity index is 0.740. The summed E-state index contributed by atoms with van der Waals surface area (Å²) in [6, 6.07) is 93.2. The quantitative estimate of drug-likeness (QED) is 0.117. The lowest BCUT2D eigenvalue weighted by molar-refractivity contribution is 0.773. The zero-order valence-electron chi connectivity index (χ0n) is 44.1. The van der Waals surface area contributed by atoms with Crippen LogP contribution in [0.1, 0.15) is 17.3 Å². The molecule has 0 saturated carbocycles. The molecule has 0 saturated heterocycles. The van der Waals surface area contributed by atoms with Gasteiger partial charge in [-0.2, -0.15) is 0 Å². The molecule has 82 heavy (non-hydrogen) atoms. The fourth-order valence-electron chi connectivity index (χ4n) is 13.0. The van der Waals surface area contributed by atoms with Gasteiger partial charge in [0.1, 0.15) is 12.0 Å². The molecule has 0 spiro atoms. The van der Waals surface area contributed by atoms with Gasteiger partial charge in [-0.25, -0.2) is 9.98 Å². The number of amidine groups is 1. The van der Waals surface area contributed by atoms with E-state index in [-0.39, 0.29) is 0 Å². The molecule has 8 nitrogen and oxygen atoms in total. The Kier molecular flexibility index (Phi) is 10.3. The molecule has 0 radical (unpaired) electrons.